The van der Waals surface area contributed by atoms with E-state index in [0.29, 0.717) is 19.4 Å². The fourth-order valence-corrected chi connectivity index (χ4v) is 5.38. The number of nitrogens with zero attached hydrogens (tertiary/aromatic N) is 1. The first-order valence-corrected chi connectivity index (χ1v) is 12.0. The third kappa shape index (κ3) is 4.93. The van der Waals surface area contributed by atoms with Gasteiger partial charge in [-0.05, 0) is 43.0 Å². The molecule has 154 valence electrons. The summed E-state index contributed by atoms with van der Waals surface area (Å²) in [5.41, 5.74) is 1.68. The molecule has 0 bridgehead atoms. The number of hydrogen-bond donors (Lipinski definition) is 1. The Labute approximate surface area is 167 Å². The fourth-order valence-electron chi connectivity index (χ4n) is 4.09. The zero-order valence-electron chi connectivity index (χ0n) is 16.6. The molecular formula is C21H30N2O4S. The van der Waals surface area contributed by atoms with E-state index >= 15 is 0 Å². The molecule has 7 heteroatoms. The van der Waals surface area contributed by atoms with E-state index < -0.39 is 9.84 Å². The molecule has 0 saturated heterocycles. The van der Waals surface area contributed by atoms with Crippen molar-refractivity contribution >= 4 is 27.3 Å². The van der Waals surface area contributed by atoms with Crippen LogP contribution in [0.15, 0.2) is 23.1 Å². The first-order valence-electron chi connectivity index (χ1n) is 10.4. The Kier molecular flexibility index (Phi) is 6.75. The molecule has 2 amide bonds. The summed E-state index contributed by atoms with van der Waals surface area (Å²) >= 11 is 0. The van der Waals surface area contributed by atoms with Crippen LogP contribution in [0.2, 0.25) is 0 Å². The van der Waals surface area contributed by atoms with Crippen LogP contribution in [0.3, 0.4) is 0 Å². The van der Waals surface area contributed by atoms with Gasteiger partial charge in [-0.15, -0.1) is 0 Å². The second-order valence-corrected chi connectivity index (χ2v) is 9.87. The molecule has 1 fully saturated rings. The molecular weight excluding hydrogens is 376 g/mol. The third-order valence-electron chi connectivity index (χ3n) is 5.73. The lowest BCUT2D eigenvalue weighted by atomic mass is 10.1. The Balaban J connectivity index is 1.60. The van der Waals surface area contributed by atoms with Crippen molar-refractivity contribution in [2.75, 3.05) is 17.2 Å². The number of benzene rings is 1. The first kappa shape index (κ1) is 20.8. The van der Waals surface area contributed by atoms with Crippen LogP contribution in [-0.2, 0) is 25.8 Å². The van der Waals surface area contributed by atoms with Gasteiger partial charge in [0.2, 0.25) is 11.8 Å². The fraction of sp³-hybridized carbons (Fsp3) is 0.619. The van der Waals surface area contributed by atoms with E-state index in [1.54, 1.807) is 23.1 Å². The van der Waals surface area contributed by atoms with E-state index in [1.165, 1.54) is 12.8 Å². The van der Waals surface area contributed by atoms with Crippen LogP contribution in [0.5, 0.6) is 0 Å². The Bertz CT molecular complexity index is 827. The molecule has 1 N–H and O–H groups in total. The summed E-state index contributed by atoms with van der Waals surface area (Å²) in [6.45, 7) is 2.41. The second kappa shape index (κ2) is 9.07. The Morgan fingerprint density at radius 3 is 2.54 bits per heavy atom. The highest BCUT2D eigenvalue weighted by atomic mass is 32.2. The van der Waals surface area contributed by atoms with Gasteiger partial charge in [0, 0.05) is 31.1 Å². The summed E-state index contributed by atoms with van der Waals surface area (Å²) in [6.07, 6.45) is 7.69. The molecule has 1 aliphatic heterocycles. The maximum atomic E-state index is 12.7. The van der Waals surface area contributed by atoms with Crippen molar-refractivity contribution in [2.45, 2.75) is 75.6 Å². The SMILES string of the molecule is CCC(=O)N1CCc2cc(S(=O)(=O)CCC(=O)NC3CCCCCC3)ccc21. The molecule has 3 rings (SSSR count). The lowest BCUT2D eigenvalue weighted by Gasteiger charge is -2.17. The topological polar surface area (TPSA) is 83.6 Å². The minimum Gasteiger partial charge on any atom is -0.353 e. The summed E-state index contributed by atoms with van der Waals surface area (Å²) in [5, 5.41) is 3.00. The van der Waals surface area contributed by atoms with Gasteiger partial charge < -0.3 is 10.2 Å². The number of amides is 2. The number of carbonyl (C=O) groups is 2. The standard InChI is InChI=1S/C21H30N2O4S/c1-2-21(25)23-13-11-16-15-18(9-10-19(16)23)28(26,27)14-12-20(24)22-17-7-5-3-4-6-8-17/h9-10,15,17H,2-8,11-14H2,1H3,(H,22,24). The van der Waals surface area contributed by atoms with Gasteiger partial charge in [0.05, 0.1) is 10.6 Å². The maximum absolute atomic E-state index is 12.7. The van der Waals surface area contributed by atoms with Crippen LogP contribution < -0.4 is 10.2 Å². The van der Waals surface area contributed by atoms with Crippen LogP contribution in [0.1, 0.15) is 63.9 Å². The molecule has 1 aromatic carbocycles. The van der Waals surface area contributed by atoms with E-state index in [1.807, 2.05) is 6.92 Å². The third-order valence-corrected chi connectivity index (χ3v) is 7.44. The summed E-state index contributed by atoms with van der Waals surface area (Å²) in [4.78, 5) is 26.2. The zero-order chi connectivity index (χ0) is 20.1. The van der Waals surface area contributed by atoms with Crippen molar-refractivity contribution in [1.29, 1.82) is 0 Å². The van der Waals surface area contributed by atoms with Gasteiger partial charge in [-0.1, -0.05) is 32.6 Å². The molecule has 1 saturated carbocycles. The average molecular weight is 407 g/mol. The monoisotopic (exact) mass is 406 g/mol. The van der Waals surface area contributed by atoms with E-state index in [2.05, 4.69) is 5.32 Å². The lowest BCUT2D eigenvalue weighted by molar-refractivity contribution is -0.121. The largest absolute Gasteiger partial charge is 0.353 e. The molecule has 6 nitrogen and oxygen atoms in total. The summed E-state index contributed by atoms with van der Waals surface area (Å²) in [5.74, 6) is -0.331. The van der Waals surface area contributed by atoms with Crippen molar-refractivity contribution in [1.82, 2.24) is 5.32 Å². The number of rotatable bonds is 6. The highest BCUT2D eigenvalue weighted by molar-refractivity contribution is 7.91. The predicted molar refractivity (Wildman–Crippen MR) is 109 cm³/mol. The molecule has 1 aliphatic carbocycles. The molecule has 0 unspecified atom stereocenters. The van der Waals surface area contributed by atoms with E-state index in [0.717, 1.165) is 36.9 Å². The molecule has 2 aliphatic rings. The van der Waals surface area contributed by atoms with Crippen LogP contribution >= 0.6 is 0 Å². The van der Waals surface area contributed by atoms with Gasteiger partial charge >= 0.3 is 0 Å². The zero-order valence-corrected chi connectivity index (χ0v) is 17.4. The van der Waals surface area contributed by atoms with Gasteiger partial charge in [-0.25, -0.2) is 8.42 Å². The molecule has 1 heterocycles. The normalized spacial score (nSPS) is 17.8. The highest BCUT2D eigenvalue weighted by Crippen LogP contribution is 2.31. The number of sulfone groups is 1. The maximum Gasteiger partial charge on any atom is 0.226 e. The van der Waals surface area contributed by atoms with Crippen molar-refractivity contribution in [3.8, 4) is 0 Å². The summed E-state index contributed by atoms with van der Waals surface area (Å²) < 4.78 is 25.4. The number of anilines is 1. The Morgan fingerprint density at radius 1 is 1.14 bits per heavy atom. The van der Waals surface area contributed by atoms with E-state index in [9.17, 15) is 18.0 Å². The van der Waals surface area contributed by atoms with Gasteiger partial charge in [0.15, 0.2) is 9.84 Å². The van der Waals surface area contributed by atoms with Crippen molar-refractivity contribution in [3.63, 3.8) is 0 Å². The van der Waals surface area contributed by atoms with E-state index in [4.69, 9.17) is 0 Å². The van der Waals surface area contributed by atoms with Crippen molar-refractivity contribution in [2.24, 2.45) is 0 Å². The summed E-state index contributed by atoms with van der Waals surface area (Å²) in [7, 11) is -3.53. The predicted octanol–water partition coefficient (Wildman–Crippen LogP) is 2.99. The van der Waals surface area contributed by atoms with Crippen molar-refractivity contribution < 1.29 is 18.0 Å². The molecule has 28 heavy (non-hydrogen) atoms. The quantitative estimate of drug-likeness (QED) is 0.736. The minimum absolute atomic E-state index is 0.0175. The number of hydrogen-bond acceptors (Lipinski definition) is 4. The van der Waals surface area contributed by atoms with Crippen LogP contribution in [-0.4, -0.2) is 38.6 Å². The molecule has 0 spiro atoms. The molecule has 0 radical (unpaired) electrons. The molecule has 0 aromatic heterocycles. The number of nitrogens with one attached hydrogen (secondary N) is 1. The molecule has 0 atom stereocenters. The van der Waals surface area contributed by atoms with Gasteiger partial charge in [0.25, 0.3) is 0 Å². The van der Waals surface area contributed by atoms with Crippen LogP contribution in [0.4, 0.5) is 5.69 Å². The van der Waals surface area contributed by atoms with Crippen molar-refractivity contribution in [3.05, 3.63) is 23.8 Å². The summed E-state index contributed by atoms with van der Waals surface area (Å²) in [6, 6.07) is 5.11. The second-order valence-electron chi connectivity index (χ2n) is 7.76. The van der Waals surface area contributed by atoms with E-state index in [-0.39, 0.29) is 34.9 Å². The Hall–Kier alpha value is -1.89. The van der Waals surface area contributed by atoms with Gasteiger partial charge in [-0.2, -0.15) is 0 Å². The minimum atomic E-state index is -3.53. The first-order chi connectivity index (χ1) is 13.4. The number of fused-ring (bicyclic) bond motifs is 1. The molecule has 1 aromatic rings. The Morgan fingerprint density at radius 2 is 1.86 bits per heavy atom. The van der Waals surface area contributed by atoms with Crippen LogP contribution in [0, 0.1) is 0 Å². The number of carbonyl (C=O) groups excluding carboxylic acids is 2. The average Bonchev–Trinajstić information content (AvgIpc) is 2.94. The highest BCUT2D eigenvalue weighted by Gasteiger charge is 2.26. The van der Waals surface area contributed by atoms with Gasteiger partial charge in [0.1, 0.15) is 0 Å². The lowest BCUT2D eigenvalue weighted by Crippen LogP contribution is -2.35. The smallest absolute Gasteiger partial charge is 0.226 e. The van der Waals surface area contributed by atoms with Crippen LogP contribution in [0.25, 0.3) is 0 Å². The van der Waals surface area contributed by atoms with Gasteiger partial charge in [-0.3, -0.25) is 9.59 Å².